The van der Waals surface area contributed by atoms with E-state index >= 15 is 0 Å². The van der Waals surface area contributed by atoms with Crippen molar-refractivity contribution in [2.24, 2.45) is 5.92 Å². The van der Waals surface area contributed by atoms with Crippen LogP contribution in [0.1, 0.15) is 61.5 Å². The van der Waals surface area contributed by atoms with Crippen molar-refractivity contribution in [3.8, 4) is 23.7 Å². The van der Waals surface area contributed by atoms with Gasteiger partial charge in [-0.25, -0.2) is 33.3 Å². The van der Waals surface area contributed by atoms with E-state index in [1.165, 1.54) is 12.1 Å². The summed E-state index contributed by atoms with van der Waals surface area (Å²) in [5.41, 5.74) is 4.14. The van der Waals surface area contributed by atoms with Gasteiger partial charge in [-0.3, -0.25) is 9.36 Å². The molecule has 0 radical (unpaired) electrons. The van der Waals surface area contributed by atoms with Crippen LogP contribution in [0.4, 0.5) is 5.82 Å². The number of terminal acetylenes is 1. The monoisotopic (exact) mass is 555 g/mol. The zero-order valence-corrected chi connectivity index (χ0v) is 23.1. The third-order valence-corrected chi connectivity index (χ3v) is 9.15. The summed E-state index contributed by atoms with van der Waals surface area (Å²) >= 11 is 0. The Balaban J connectivity index is 1.37. The summed E-state index contributed by atoms with van der Waals surface area (Å²) in [6, 6.07) is 6.37. The van der Waals surface area contributed by atoms with Gasteiger partial charge >= 0.3 is 0 Å². The van der Waals surface area contributed by atoms with Gasteiger partial charge in [-0.15, -0.1) is 6.42 Å². The number of rotatable bonds is 9. The number of anilines is 1. The summed E-state index contributed by atoms with van der Waals surface area (Å²) < 4.78 is 26.2. The Morgan fingerprint density at radius 1 is 1.10 bits per heavy atom. The van der Waals surface area contributed by atoms with E-state index in [9.17, 15) is 13.2 Å². The number of sulfone groups is 1. The average Bonchev–Trinajstić information content (AvgIpc) is 3.85. The van der Waals surface area contributed by atoms with Crippen molar-refractivity contribution < 1.29 is 8.42 Å². The molecule has 10 nitrogen and oxygen atoms in total. The number of benzene rings is 1. The molecule has 3 heterocycles. The van der Waals surface area contributed by atoms with E-state index in [1.54, 1.807) is 29.2 Å². The molecule has 0 bridgehead atoms. The highest BCUT2D eigenvalue weighted by atomic mass is 32.2. The van der Waals surface area contributed by atoms with Gasteiger partial charge in [-0.1, -0.05) is 18.1 Å². The Morgan fingerprint density at radius 2 is 1.85 bits per heavy atom. The maximum atomic E-state index is 13.8. The van der Waals surface area contributed by atoms with Gasteiger partial charge < -0.3 is 5.32 Å². The van der Waals surface area contributed by atoms with E-state index in [1.807, 2.05) is 13.8 Å². The number of aryl methyl sites for hydroxylation is 1. The van der Waals surface area contributed by atoms with Crippen LogP contribution in [-0.2, 0) is 16.4 Å². The average molecular weight is 556 g/mol. The summed E-state index contributed by atoms with van der Waals surface area (Å²) in [5, 5.41) is 3.15. The topological polar surface area (TPSA) is 133 Å². The molecule has 11 heteroatoms. The molecule has 204 valence electrons. The fraction of sp³-hybridized carbons (Fsp3) is 0.379. The lowest BCUT2D eigenvalue weighted by atomic mass is 10.1. The standard InChI is InChI=1S/C29H29N7O3S/c1-4-13-40(38,39)22-11-5-19(6-12-22)14-30-27-29(37)36(18(3)20-7-8-20)28-23(34-27)15-31-26(35-28)24-17(2)32-16-33-25(24)21-9-10-21/h1,5-6,11-12,15-16,18,20-21H,7-10,13-14H2,2-3H3,(H,30,34)/t18-/m0/s1. The molecule has 1 atom stereocenters. The lowest BCUT2D eigenvalue weighted by Gasteiger charge is -2.19. The van der Waals surface area contributed by atoms with Crippen LogP contribution in [0, 0.1) is 25.2 Å². The molecule has 0 saturated heterocycles. The molecule has 40 heavy (non-hydrogen) atoms. The second-order valence-electron chi connectivity index (χ2n) is 10.6. The van der Waals surface area contributed by atoms with Gasteiger partial charge in [0.1, 0.15) is 17.6 Å². The molecule has 1 N–H and O–H groups in total. The maximum Gasteiger partial charge on any atom is 0.295 e. The highest BCUT2D eigenvalue weighted by Crippen LogP contribution is 2.43. The molecule has 3 aromatic heterocycles. The molecule has 0 amide bonds. The van der Waals surface area contributed by atoms with E-state index in [0.29, 0.717) is 28.8 Å². The first-order valence-electron chi connectivity index (χ1n) is 13.4. The molecule has 0 aliphatic heterocycles. The lowest BCUT2D eigenvalue weighted by molar-refractivity contribution is 0.482. The second kappa shape index (κ2) is 10.1. The van der Waals surface area contributed by atoms with Crippen molar-refractivity contribution in [1.82, 2.24) is 29.5 Å². The summed E-state index contributed by atoms with van der Waals surface area (Å²) in [4.78, 5) is 37.0. The van der Waals surface area contributed by atoms with Crippen LogP contribution < -0.4 is 10.9 Å². The summed E-state index contributed by atoms with van der Waals surface area (Å²) in [6.45, 7) is 4.26. The van der Waals surface area contributed by atoms with Crippen LogP contribution in [0.15, 0.2) is 46.5 Å². The number of aromatic nitrogens is 6. The molecular weight excluding hydrogens is 526 g/mol. The minimum Gasteiger partial charge on any atom is -0.361 e. The van der Waals surface area contributed by atoms with Crippen LogP contribution in [-0.4, -0.2) is 43.7 Å². The highest BCUT2D eigenvalue weighted by molar-refractivity contribution is 7.91. The van der Waals surface area contributed by atoms with E-state index in [0.717, 1.165) is 48.2 Å². The SMILES string of the molecule is C#CCS(=O)(=O)c1ccc(CNc2nc3cnc(-c4c(C)ncnc4C4CC4)nc3n([C@@H](C)C3CC3)c2=O)cc1. The minimum absolute atomic E-state index is 0.0574. The van der Waals surface area contributed by atoms with Gasteiger partial charge in [0.15, 0.2) is 27.1 Å². The van der Waals surface area contributed by atoms with Crippen molar-refractivity contribution in [3.63, 3.8) is 0 Å². The van der Waals surface area contributed by atoms with Crippen LogP contribution in [0.3, 0.4) is 0 Å². The number of hydrogen-bond acceptors (Lipinski definition) is 9. The maximum absolute atomic E-state index is 13.8. The molecule has 2 fully saturated rings. The van der Waals surface area contributed by atoms with Crippen LogP contribution in [0.25, 0.3) is 22.6 Å². The van der Waals surface area contributed by atoms with Crippen molar-refractivity contribution in [3.05, 3.63) is 64.1 Å². The Hall–Kier alpha value is -4.17. The highest BCUT2D eigenvalue weighted by Gasteiger charge is 2.33. The molecule has 2 aliphatic carbocycles. The van der Waals surface area contributed by atoms with Crippen molar-refractivity contribution in [2.75, 3.05) is 11.1 Å². The predicted molar refractivity (Wildman–Crippen MR) is 151 cm³/mol. The molecule has 0 unspecified atom stereocenters. The number of fused-ring (bicyclic) bond motifs is 1. The number of nitrogens with zero attached hydrogens (tertiary/aromatic N) is 6. The van der Waals surface area contributed by atoms with Crippen molar-refractivity contribution in [1.29, 1.82) is 0 Å². The molecule has 1 aromatic carbocycles. The smallest absolute Gasteiger partial charge is 0.295 e. The van der Waals surface area contributed by atoms with Crippen LogP contribution in [0.2, 0.25) is 0 Å². The van der Waals surface area contributed by atoms with Gasteiger partial charge in [-0.2, -0.15) is 0 Å². The molecule has 4 aromatic rings. The van der Waals surface area contributed by atoms with Gasteiger partial charge in [-0.05, 0) is 63.1 Å². The largest absolute Gasteiger partial charge is 0.361 e. The summed E-state index contributed by atoms with van der Waals surface area (Å²) in [7, 11) is -3.52. The first-order chi connectivity index (χ1) is 19.3. The Morgan fingerprint density at radius 3 is 2.52 bits per heavy atom. The summed E-state index contributed by atoms with van der Waals surface area (Å²) in [5.74, 6) is 3.31. The zero-order valence-electron chi connectivity index (χ0n) is 22.3. The second-order valence-corrected chi connectivity index (χ2v) is 12.6. The zero-order chi connectivity index (χ0) is 28.0. The van der Waals surface area contributed by atoms with Crippen LogP contribution >= 0.6 is 0 Å². The number of nitrogens with one attached hydrogen (secondary N) is 1. The Labute approximate surface area is 232 Å². The van der Waals surface area contributed by atoms with Crippen molar-refractivity contribution >= 4 is 26.8 Å². The predicted octanol–water partition coefficient (Wildman–Crippen LogP) is 3.82. The van der Waals surface area contributed by atoms with Gasteiger partial charge in [0.05, 0.1) is 28.0 Å². The number of hydrogen-bond donors (Lipinski definition) is 1. The minimum atomic E-state index is -3.52. The van der Waals surface area contributed by atoms with Crippen molar-refractivity contribution in [2.45, 2.75) is 62.9 Å². The van der Waals surface area contributed by atoms with Gasteiger partial charge in [0.25, 0.3) is 5.56 Å². The van der Waals surface area contributed by atoms with E-state index < -0.39 is 9.84 Å². The molecule has 2 aliphatic rings. The first kappa shape index (κ1) is 26.1. The fourth-order valence-electron chi connectivity index (χ4n) is 5.03. The molecule has 0 spiro atoms. The summed E-state index contributed by atoms with van der Waals surface area (Å²) in [6.07, 6.45) is 12.7. The Bertz CT molecular complexity index is 1820. The Kier molecular flexibility index (Phi) is 6.58. The normalized spacial score (nSPS) is 16.0. The van der Waals surface area contributed by atoms with Gasteiger partial charge in [0.2, 0.25) is 0 Å². The van der Waals surface area contributed by atoms with E-state index in [2.05, 4.69) is 31.2 Å². The van der Waals surface area contributed by atoms with Crippen LogP contribution in [0.5, 0.6) is 0 Å². The quantitative estimate of drug-likeness (QED) is 0.306. The molecule has 6 rings (SSSR count). The van der Waals surface area contributed by atoms with Gasteiger partial charge in [0, 0.05) is 18.5 Å². The van der Waals surface area contributed by atoms with E-state index in [-0.39, 0.29) is 34.6 Å². The third-order valence-electron chi connectivity index (χ3n) is 7.61. The lowest BCUT2D eigenvalue weighted by Crippen LogP contribution is -2.29. The van der Waals surface area contributed by atoms with E-state index in [4.69, 9.17) is 11.4 Å². The molecule has 2 saturated carbocycles. The third kappa shape index (κ3) is 4.95. The molecular formula is C29H29N7O3S. The fourth-order valence-corrected chi connectivity index (χ4v) is 5.97. The first-order valence-corrected chi connectivity index (χ1v) is 15.0.